The summed E-state index contributed by atoms with van der Waals surface area (Å²) in [6.45, 7) is 6.96. The number of carbonyl (C=O) groups excluding carboxylic acids is 2. The second kappa shape index (κ2) is 15.9. The Morgan fingerprint density at radius 2 is 1.76 bits per heavy atom. The number of nitrogens with zero attached hydrogens (tertiary/aromatic N) is 7. The molecule has 0 N–H and O–H groups in total. The first kappa shape index (κ1) is 35.7. The van der Waals surface area contributed by atoms with Crippen molar-refractivity contribution in [3.05, 3.63) is 81.4 Å². The Morgan fingerprint density at radius 1 is 1.04 bits per heavy atom. The Hall–Kier alpha value is -4.08. The average Bonchev–Trinajstić information content (AvgIpc) is 3.53. The number of ether oxygens (including phenoxy) is 2. The van der Waals surface area contributed by atoms with Crippen molar-refractivity contribution in [1.82, 2.24) is 19.6 Å². The third-order valence-electron chi connectivity index (χ3n) is 9.66. The second-order valence-electron chi connectivity index (χ2n) is 13.0. The van der Waals surface area contributed by atoms with Crippen LogP contribution in [0.15, 0.2) is 64.7 Å². The largest absolute Gasteiger partial charge is 0.493 e. The Balaban J connectivity index is 1.38. The van der Waals surface area contributed by atoms with Crippen LogP contribution < -0.4 is 9.64 Å². The van der Waals surface area contributed by atoms with Crippen LogP contribution in [0.4, 0.5) is 10.5 Å². The molecule has 3 aliphatic heterocycles. The van der Waals surface area contributed by atoms with Gasteiger partial charge in [-0.1, -0.05) is 47.5 Å². The number of rotatable bonds is 8. The lowest BCUT2D eigenvalue weighted by Crippen LogP contribution is -2.57. The van der Waals surface area contributed by atoms with Crippen molar-refractivity contribution in [1.29, 1.82) is 5.26 Å². The second-order valence-corrected chi connectivity index (χ2v) is 13.9. The lowest BCUT2D eigenvalue weighted by Gasteiger charge is -2.41. The van der Waals surface area contributed by atoms with E-state index in [2.05, 4.69) is 17.0 Å². The van der Waals surface area contributed by atoms with Gasteiger partial charge < -0.3 is 24.2 Å². The van der Waals surface area contributed by atoms with Crippen LogP contribution in [0.2, 0.25) is 5.02 Å². The molecular formula is C37H43Cl2N7O4. The van der Waals surface area contributed by atoms with Gasteiger partial charge in [-0.25, -0.2) is 4.79 Å². The van der Waals surface area contributed by atoms with Gasteiger partial charge in [0.05, 0.1) is 55.3 Å². The maximum Gasteiger partial charge on any atom is 0.326 e. The standard InChI is InChI=1S/C37H43Cl2N7O4/c1-4-50-32-22-31(42(2)3)27(23-40)21-30(32)36-41-34(25-5-9-28(38)10-6-25)35(26-7-11-29(39)12-8-26)46(36)37(48)45-15-13-43(14-16-45)24-33(47)44-17-19-49-20-18-44/h5-7,9-12,21-22,26,34-35H,4,8,13-20,24H2,1-3H3/t26-,34+,35?/m1/s1. The molecule has 264 valence electrons. The molecule has 0 saturated carbocycles. The van der Waals surface area contributed by atoms with E-state index in [1.54, 1.807) is 6.07 Å². The van der Waals surface area contributed by atoms with Gasteiger partial charge in [-0.2, -0.15) is 5.26 Å². The first-order valence-electron chi connectivity index (χ1n) is 17.1. The predicted molar refractivity (Wildman–Crippen MR) is 195 cm³/mol. The van der Waals surface area contributed by atoms with Crippen LogP contribution in [0.1, 0.15) is 36.1 Å². The summed E-state index contributed by atoms with van der Waals surface area (Å²) in [6.07, 6.45) is 6.53. The molecule has 3 heterocycles. The number of benzene rings is 2. The van der Waals surface area contributed by atoms with E-state index in [-0.39, 0.29) is 17.9 Å². The van der Waals surface area contributed by atoms with Crippen LogP contribution in [-0.4, -0.2) is 123 Å². The number of piperazine rings is 1. The summed E-state index contributed by atoms with van der Waals surface area (Å²) in [5.41, 5.74) is 2.64. The van der Waals surface area contributed by atoms with Crippen molar-refractivity contribution in [2.24, 2.45) is 10.9 Å². The molecule has 1 unspecified atom stereocenters. The van der Waals surface area contributed by atoms with Gasteiger partial charge in [-0.05, 0) is 43.2 Å². The predicted octanol–water partition coefficient (Wildman–Crippen LogP) is 5.14. The molecule has 1 aliphatic carbocycles. The first-order valence-corrected chi connectivity index (χ1v) is 17.9. The fourth-order valence-corrected chi connectivity index (χ4v) is 7.31. The quantitative estimate of drug-likeness (QED) is 0.372. The lowest BCUT2D eigenvalue weighted by atomic mass is 9.85. The number of aliphatic imine (C=N–C) groups is 1. The van der Waals surface area contributed by atoms with Crippen molar-refractivity contribution in [2.45, 2.75) is 25.4 Å². The van der Waals surface area contributed by atoms with E-state index < -0.39 is 12.1 Å². The summed E-state index contributed by atoms with van der Waals surface area (Å²) in [6, 6.07) is 12.5. The minimum Gasteiger partial charge on any atom is -0.493 e. The van der Waals surface area contributed by atoms with Gasteiger partial charge in [0.2, 0.25) is 5.91 Å². The molecule has 11 nitrogen and oxygen atoms in total. The number of anilines is 1. The fourth-order valence-electron chi connectivity index (χ4n) is 7.02. The summed E-state index contributed by atoms with van der Waals surface area (Å²) < 4.78 is 11.6. The van der Waals surface area contributed by atoms with Crippen molar-refractivity contribution >= 4 is 46.7 Å². The van der Waals surface area contributed by atoms with Crippen molar-refractivity contribution in [2.75, 3.05) is 84.6 Å². The third-order valence-corrected chi connectivity index (χ3v) is 10.2. The van der Waals surface area contributed by atoms with E-state index in [0.717, 1.165) is 5.56 Å². The number of morpholine rings is 1. The van der Waals surface area contributed by atoms with Crippen molar-refractivity contribution in [3.63, 3.8) is 0 Å². The molecule has 3 amide bonds. The van der Waals surface area contributed by atoms with Crippen molar-refractivity contribution in [3.8, 4) is 11.8 Å². The minimum atomic E-state index is -0.438. The van der Waals surface area contributed by atoms with Crippen molar-refractivity contribution < 1.29 is 19.1 Å². The summed E-state index contributed by atoms with van der Waals surface area (Å²) in [5, 5.41) is 11.5. The number of amidine groups is 1. The Kier molecular flexibility index (Phi) is 11.3. The van der Waals surface area contributed by atoms with E-state index in [1.807, 2.05) is 83.1 Å². The highest BCUT2D eigenvalue weighted by Gasteiger charge is 2.47. The smallest absolute Gasteiger partial charge is 0.326 e. The number of halogens is 2. The zero-order valence-corrected chi connectivity index (χ0v) is 30.2. The molecule has 13 heteroatoms. The summed E-state index contributed by atoms with van der Waals surface area (Å²) in [4.78, 5) is 42.8. The zero-order valence-electron chi connectivity index (χ0n) is 28.7. The normalized spacial score (nSPS) is 22.6. The molecule has 0 bridgehead atoms. The zero-order chi connectivity index (χ0) is 35.4. The fraction of sp³-hybridized carbons (Fsp3) is 0.459. The number of hydrogen-bond donors (Lipinski definition) is 0. The molecule has 2 saturated heterocycles. The number of urea groups is 1. The highest BCUT2D eigenvalue weighted by molar-refractivity contribution is 6.31. The molecule has 6 rings (SSSR count). The third kappa shape index (κ3) is 7.64. The van der Waals surface area contributed by atoms with Gasteiger partial charge in [0.25, 0.3) is 0 Å². The number of allylic oxidation sites excluding steroid dienone is 3. The topological polar surface area (TPSA) is 105 Å². The molecule has 0 spiro atoms. The number of hydrogen-bond acceptors (Lipinski definition) is 8. The Labute approximate surface area is 303 Å². The van der Waals surface area contributed by atoms with E-state index in [4.69, 9.17) is 37.7 Å². The number of nitriles is 1. The van der Waals surface area contributed by atoms with Gasteiger partial charge in [-0.15, -0.1) is 0 Å². The van der Waals surface area contributed by atoms with Gasteiger partial charge >= 0.3 is 6.03 Å². The average molecular weight is 721 g/mol. The van der Waals surface area contributed by atoms with Gasteiger partial charge in [0.15, 0.2) is 0 Å². The van der Waals surface area contributed by atoms with Crippen LogP contribution in [0.25, 0.3) is 0 Å². The molecule has 2 aromatic rings. The molecule has 50 heavy (non-hydrogen) atoms. The molecule has 2 fully saturated rings. The van der Waals surface area contributed by atoms with Crippen LogP contribution in [0.3, 0.4) is 0 Å². The number of amides is 3. The highest BCUT2D eigenvalue weighted by atomic mass is 35.5. The summed E-state index contributed by atoms with van der Waals surface area (Å²) in [7, 11) is 3.76. The lowest BCUT2D eigenvalue weighted by molar-refractivity contribution is -0.136. The van der Waals surface area contributed by atoms with Crippen LogP contribution in [0, 0.1) is 17.2 Å². The van der Waals surface area contributed by atoms with E-state index in [0.29, 0.717) is 111 Å². The molecule has 0 radical (unpaired) electrons. The van der Waals surface area contributed by atoms with Gasteiger partial charge in [-0.3, -0.25) is 19.6 Å². The molecule has 0 aromatic heterocycles. The Bertz CT molecular complexity index is 1710. The SMILES string of the molecule is CCOc1cc(N(C)C)c(C#N)cc1C1=N[C@@H](c2ccc(Cl)cc2)C([C@@H]2C=CC(Cl)=CC2)N1C(=O)N1CCN(CC(=O)N2CCOCC2)CC1. The first-order chi connectivity index (χ1) is 24.2. The summed E-state index contributed by atoms with van der Waals surface area (Å²) in [5.74, 6) is 0.962. The van der Waals surface area contributed by atoms with E-state index >= 15 is 0 Å². The maximum absolute atomic E-state index is 15.0. The molecule has 2 aromatic carbocycles. The summed E-state index contributed by atoms with van der Waals surface area (Å²) >= 11 is 12.7. The molecular weight excluding hydrogens is 677 g/mol. The van der Waals surface area contributed by atoms with Gasteiger partial charge in [0.1, 0.15) is 17.7 Å². The molecule has 4 aliphatic rings. The number of carbonyl (C=O) groups is 2. The van der Waals surface area contributed by atoms with Gasteiger partial charge in [0, 0.05) is 75.4 Å². The van der Waals surface area contributed by atoms with Crippen LogP contribution in [-0.2, 0) is 9.53 Å². The molecule has 3 atom stereocenters. The van der Waals surface area contributed by atoms with E-state index in [1.165, 1.54) is 0 Å². The minimum absolute atomic E-state index is 0.0848. The van der Waals surface area contributed by atoms with Crippen LogP contribution in [0.5, 0.6) is 5.75 Å². The monoisotopic (exact) mass is 719 g/mol. The Morgan fingerprint density at radius 3 is 2.38 bits per heavy atom. The van der Waals surface area contributed by atoms with Crippen LogP contribution >= 0.6 is 23.2 Å². The van der Waals surface area contributed by atoms with E-state index in [9.17, 15) is 14.9 Å². The maximum atomic E-state index is 15.0. The highest BCUT2D eigenvalue weighted by Crippen LogP contribution is 2.43.